The number of nitro benzene ring substituents is 1. The van der Waals surface area contributed by atoms with E-state index in [2.05, 4.69) is 4.72 Å². The molecule has 0 aromatic heterocycles. The van der Waals surface area contributed by atoms with Crippen molar-refractivity contribution in [3.8, 4) is 0 Å². The van der Waals surface area contributed by atoms with E-state index in [0.717, 1.165) is 12.1 Å². The number of non-ortho nitro benzene ring substituents is 1. The predicted molar refractivity (Wildman–Crippen MR) is 62.4 cm³/mol. The van der Waals surface area contributed by atoms with Gasteiger partial charge in [0, 0.05) is 17.7 Å². The molecular formula is C7H7BFN3O4S. The Morgan fingerprint density at radius 3 is 2.71 bits per heavy atom. The van der Waals surface area contributed by atoms with Crippen molar-refractivity contribution in [3.63, 3.8) is 0 Å². The van der Waals surface area contributed by atoms with Crippen LogP contribution in [0.2, 0.25) is 0 Å². The number of benzene rings is 1. The zero-order valence-electron chi connectivity index (χ0n) is 8.25. The largest absolute Gasteiger partial charge is 0.508 e. The van der Waals surface area contributed by atoms with Crippen molar-refractivity contribution in [2.24, 2.45) is 0 Å². The van der Waals surface area contributed by atoms with Gasteiger partial charge in [0.15, 0.2) is 12.3 Å². The minimum atomic E-state index is -2.10. The van der Waals surface area contributed by atoms with E-state index < -0.39 is 17.7 Å². The van der Waals surface area contributed by atoms with Crippen molar-refractivity contribution in [1.82, 2.24) is 0 Å². The summed E-state index contributed by atoms with van der Waals surface area (Å²) in [5.41, 5.74) is -1.11. The van der Waals surface area contributed by atoms with Crippen LogP contribution in [0, 0.1) is 15.5 Å². The van der Waals surface area contributed by atoms with Crippen molar-refractivity contribution >= 4 is 36.4 Å². The number of nitro groups is 1. The Bertz CT molecular complexity index is 459. The Labute approximate surface area is 99.9 Å². The molecule has 0 heterocycles. The molecule has 10 heteroatoms. The highest BCUT2D eigenvalue weighted by atomic mass is 32.2. The maximum absolute atomic E-state index is 12.1. The maximum Gasteiger partial charge on any atom is 0.508 e. The number of anilines is 1. The fourth-order valence-electron chi connectivity index (χ4n) is 1.14. The lowest BCUT2D eigenvalue weighted by atomic mass is 9.78. The molecule has 0 spiro atoms. The monoisotopic (exact) mass is 259 g/mol. The minimum absolute atomic E-state index is 0.0428. The SMILES string of the molecule is N=C(B(O)O)c1cc([N+](=O)[O-])ccc1NSF. The summed E-state index contributed by atoms with van der Waals surface area (Å²) in [7, 11) is -2.10. The zero-order valence-corrected chi connectivity index (χ0v) is 9.07. The molecule has 1 rings (SSSR count). The zero-order chi connectivity index (χ0) is 13.0. The average Bonchev–Trinajstić information content (AvgIpc) is 2.28. The van der Waals surface area contributed by atoms with E-state index in [0.29, 0.717) is 0 Å². The van der Waals surface area contributed by atoms with E-state index in [1.165, 1.54) is 6.07 Å². The molecule has 0 saturated carbocycles. The molecular weight excluding hydrogens is 252 g/mol. The first-order chi connectivity index (χ1) is 7.97. The molecule has 0 bridgehead atoms. The second-order valence-corrected chi connectivity index (χ2v) is 3.31. The van der Waals surface area contributed by atoms with Crippen molar-refractivity contribution in [3.05, 3.63) is 33.9 Å². The molecule has 7 nitrogen and oxygen atoms in total. The molecule has 1 aromatic carbocycles. The standard InChI is InChI=1S/C7H7BFN3O4S/c9-17-11-6-2-1-4(12(15)16)3-5(6)7(10)8(13)14/h1-3,10-11,13-14H. The summed E-state index contributed by atoms with van der Waals surface area (Å²) in [5, 5.41) is 35.5. The number of halogens is 1. The Hall–Kier alpha value is -1.65. The van der Waals surface area contributed by atoms with Crippen LogP contribution in [-0.4, -0.2) is 27.7 Å². The van der Waals surface area contributed by atoms with E-state index in [4.69, 9.17) is 15.5 Å². The first-order valence-electron chi connectivity index (χ1n) is 4.24. The van der Waals surface area contributed by atoms with Crippen LogP contribution >= 0.6 is 12.3 Å². The molecule has 0 radical (unpaired) electrons. The topological polar surface area (TPSA) is 119 Å². The van der Waals surface area contributed by atoms with E-state index in [1.54, 1.807) is 0 Å². The third-order valence-corrected chi connectivity index (χ3v) is 2.21. The van der Waals surface area contributed by atoms with Gasteiger partial charge in [-0.05, 0) is 6.07 Å². The quantitative estimate of drug-likeness (QED) is 0.205. The van der Waals surface area contributed by atoms with Gasteiger partial charge >= 0.3 is 7.12 Å². The van der Waals surface area contributed by atoms with Gasteiger partial charge in [-0.3, -0.25) is 10.1 Å². The van der Waals surface area contributed by atoms with E-state index in [1.807, 2.05) is 0 Å². The summed E-state index contributed by atoms with van der Waals surface area (Å²) in [6, 6.07) is 3.25. The van der Waals surface area contributed by atoms with Gasteiger partial charge in [-0.1, -0.05) is 0 Å². The third-order valence-electron chi connectivity index (χ3n) is 1.91. The van der Waals surface area contributed by atoms with Gasteiger partial charge in [-0.25, -0.2) is 0 Å². The Morgan fingerprint density at radius 1 is 1.59 bits per heavy atom. The molecule has 17 heavy (non-hydrogen) atoms. The lowest BCUT2D eigenvalue weighted by molar-refractivity contribution is -0.384. The smallest absolute Gasteiger partial charge is 0.422 e. The highest BCUT2D eigenvalue weighted by Gasteiger charge is 2.22. The first kappa shape index (κ1) is 13.4. The average molecular weight is 259 g/mol. The summed E-state index contributed by atoms with van der Waals surface area (Å²) in [6.45, 7) is 0. The van der Waals surface area contributed by atoms with E-state index in [-0.39, 0.29) is 29.3 Å². The van der Waals surface area contributed by atoms with Gasteiger partial charge in [-0.15, -0.1) is 3.89 Å². The summed E-state index contributed by atoms with van der Waals surface area (Å²) < 4.78 is 14.2. The third kappa shape index (κ3) is 3.15. The first-order valence-corrected chi connectivity index (χ1v) is 4.96. The second kappa shape index (κ2) is 5.61. The van der Waals surface area contributed by atoms with Gasteiger partial charge in [0.25, 0.3) is 5.69 Å². The Morgan fingerprint density at radius 2 is 2.24 bits per heavy atom. The predicted octanol–water partition coefficient (Wildman–Crippen LogP) is 0.919. The molecule has 0 amide bonds. The summed E-state index contributed by atoms with van der Waals surface area (Å²) in [6.07, 6.45) is 0. The maximum atomic E-state index is 12.1. The van der Waals surface area contributed by atoms with Gasteiger partial charge in [-0.2, -0.15) is 0 Å². The fourth-order valence-corrected chi connectivity index (χ4v) is 1.40. The van der Waals surface area contributed by atoms with Crippen LogP contribution < -0.4 is 4.72 Å². The number of hydrogen-bond donors (Lipinski definition) is 4. The normalized spacial score (nSPS) is 9.82. The molecule has 0 saturated heterocycles. The second-order valence-electron chi connectivity index (χ2n) is 2.95. The van der Waals surface area contributed by atoms with Crippen molar-refractivity contribution < 1.29 is 18.9 Å². The van der Waals surface area contributed by atoms with E-state index >= 15 is 0 Å². The number of nitrogens with zero attached hydrogens (tertiary/aromatic N) is 1. The molecule has 0 aliphatic rings. The van der Waals surface area contributed by atoms with Crippen LogP contribution in [0.25, 0.3) is 0 Å². The van der Waals surface area contributed by atoms with E-state index in [9.17, 15) is 14.0 Å². The van der Waals surface area contributed by atoms with Crippen molar-refractivity contribution in [1.29, 1.82) is 5.41 Å². The molecule has 90 valence electrons. The number of hydrogen-bond acceptors (Lipinski definition) is 7. The minimum Gasteiger partial charge on any atom is -0.422 e. The van der Waals surface area contributed by atoms with Gasteiger partial charge in [0.2, 0.25) is 0 Å². The van der Waals surface area contributed by atoms with Gasteiger partial charge in [0.05, 0.1) is 16.2 Å². The highest BCUT2D eigenvalue weighted by Crippen LogP contribution is 2.25. The Kier molecular flexibility index (Phi) is 4.43. The number of nitrogens with one attached hydrogen (secondary N) is 2. The van der Waals surface area contributed by atoms with Crippen LogP contribution in [0.5, 0.6) is 0 Å². The summed E-state index contributed by atoms with van der Waals surface area (Å²) in [5.74, 6) is 0. The lowest BCUT2D eigenvalue weighted by Gasteiger charge is -2.09. The van der Waals surface area contributed by atoms with Crippen molar-refractivity contribution in [2.45, 2.75) is 0 Å². The van der Waals surface area contributed by atoms with Gasteiger partial charge in [0.1, 0.15) is 0 Å². The molecule has 0 atom stereocenters. The molecule has 4 N–H and O–H groups in total. The molecule has 0 fully saturated rings. The van der Waals surface area contributed by atoms with Gasteiger partial charge < -0.3 is 20.2 Å². The van der Waals surface area contributed by atoms with Crippen LogP contribution in [0.15, 0.2) is 18.2 Å². The van der Waals surface area contributed by atoms with Crippen molar-refractivity contribution in [2.75, 3.05) is 4.72 Å². The van der Waals surface area contributed by atoms with Crippen LogP contribution in [0.3, 0.4) is 0 Å². The molecule has 0 aliphatic heterocycles. The Balaban J connectivity index is 3.24. The fraction of sp³-hybridized carbons (Fsp3) is 0. The van der Waals surface area contributed by atoms with Crippen LogP contribution in [0.4, 0.5) is 15.3 Å². The lowest BCUT2D eigenvalue weighted by Crippen LogP contribution is -2.26. The van der Waals surface area contributed by atoms with Crippen LogP contribution in [0.1, 0.15) is 5.56 Å². The highest BCUT2D eigenvalue weighted by molar-refractivity contribution is 7.95. The summed E-state index contributed by atoms with van der Waals surface area (Å²) >= 11 is -0.268. The molecule has 0 unspecified atom stereocenters. The number of rotatable bonds is 5. The van der Waals surface area contributed by atoms with Crippen LogP contribution in [-0.2, 0) is 0 Å². The molecule has 0 aliphatic carbocycles. The molecule has 1 aromatic rings. The summed E-state index contributed by atoms with van der Waals surface area (Å²) in [4.78, 5) is 9.82.